The summed E-state index contributed by atoms with van der Waals surface area (Å²) in [6, 6.07) is 0. The number of nitrogens with one attached hydrogen (secondary N) is 2. The number of aliphatic imine (C=N–C) groups is 1. The van der Waals surface area contributed by atoms with Gasteiger partial charge in [-0.25, -0.2) is 9.98 Å². The first-order valence-electron chi connectivity index (χ1n) is 8.41. The minimum atomic E-state index is 0.615. The Hall–Kier alpha value is -1.34. The fourth-order valence-corrected chi connectivity index (χ4v) is 3.51. The van der Waals surface area contributed by atoms with Crippen molar-refractivity contribution in [1.29, 1.82) is 0 Å². The molecule has 0 radical (unpaired) electrons. The van der Waals surface area contributed by atoms with E-state index < -0.39 is 0 Å². The zero-order chi connectivity index (χ0) is 16.7. The van der Waals surface area contributed by atoms with Crippen LogP contribution < -0.4 is 15.5 Å². The Bertz CT molecular complexity index is 499. The molecule has 0 saturated carbocycles. The second kappa shape index (κ2) is 9.08. The zero-order valence-electron chi connectivity index (χ0n) is 14.8. The average Bonchev–Trinajstić information content (AvgIpc) is 2.99. The summed E-state index contributed by atoms with van der Waals surface area (Å²) in [6.45, 7) is 6.96. The highest BCUT2D eigenvalue weighted by molar-refractivity contribution is 7.13. The lowest BCUT2D eigenvalue weighted by Crippen LogP contribution is -2.43. The first-order chi connectivity index (χ1) is 11.1. The molecule has 2 rings (SSSR count). The molecule has 0 aromatic carbocycles. The van der Waals surface area contributed by atoms with E-state index in [2.05, 4.69) is 44.9 Å². The van der Waals surface area contributed by atoms with Gasteiger partial charge in [0, 0.05) is 39.1 Å². The van der Waals surface area contributed by atoms with E-state index in [9.17, 15) is 0 Å². The normalized spacial score (nSPS) is 19.7. The van der Waals surface area contributed by atoms with Crippen molar-refractivity contribution in [1.82, 2.24) is 20.5 Å². The van der Waals surface area contributed by atoms with Crippen molar-refractivity contribution in [2.75, 3.05) is 52.2 Å². The Labute approximate surface area is 144 Å². The molecule has 1 saturated heterocycles. The summed E-state index contributed by atoms with van der Waals surface area (Å²) in [5.41, 5.74) is 1.02. The molecule has 1 unspecified atom stereocenters. The fourth-order valence-electron chi connectivity index (χ4n) is 2.76. The SMILES string of the molecule is CCNC(=NCc1csc(N(C)C)n1)NCC1CCCN(C)C1. The van der Waals surface area contributed by atoms with E-state index in [1.807, 2.05) is 19.0 Å². The molecule has 0 bridgehead atoms. The molecule has 23 heavy (non-hydrogen) atoms. The van der Waals surface area contributed by atoms with E-state index in [4.69, 9.17) is 0 Å². The van der Waals surface area contributed by atoms with Crippen LogP contribution in [0.15, 0.2) is 10.4 Å². The van der Waals surface area contributed by atoms with Gasteiger partial charge in [-0.2, -0.15) is 0 Å². The van der Waals surface area contributed by atoms with Crippen LogP contribution in [0.2, 0.25) is 0 Å². The minimum absolute atomic E-state index is 0.615. The molecule has 130 valence electrons. The Morgan fingerprint density at radius 3 is 2.96 bits per heavy atom. The molecule has 6 nitrogen and oxygen atoms in total. The van der Waals surface area contributed by atoms with Gasteiger partial charge in [-0.1, -0.05) is 0 Å². The van der Waals surface area contributed by atoms with Crippen LogP contribution >= 0.6 is 11.3 Å². The number of rotatable bonds is 6. The monoisotopic (exact) mass is 338 g/mol. The summed E-state index contributed by atoms with van der Waals surface area (Å²) in [4.78, 5) is 13.7. The number of hydrogen-bond donors (Lipinski definition) is 2. The van der Waals surface area contributed by atoms with Crippen LogP contribution in [0.25, 0.3) is 0 Å². The van der Waals surface area contributed by atoms with Gasteiger partial charge in [0.2, 0.25) is 0 Å². The van der Waals surface area contributed by atoms with Crippen molar-refractivity contribution in [3.05, 3.63) is 11.1 Å². The van der Waals surface area contributed by atoms with Crippen molar-refractivity contribution >= 4 is 22.4 Å². The molecule has 2 heterocycles. The summed E-state index contributed by atoms with van der Waals surface area (Å²) in [5, 5.41) is 9.92. The lowest BCUT2D eigenvalue weighted by atomic mass is 9.99. The summed E-state index contributed by atoms with van der Waals surface area (Å²) < 4.78 is 0. The third-order valence-corrected chi connectivity index (χ3v) is 5.00. The van der Waals surface area contributed by atoms with Gasteiger partial charge in [-0.3, -0.25) is 0 Å². The lowest BCUT2D eigenvalue weighted by Gasteiger charge is -2.30. The van der Waals surface area contributed by atoms with Crippen molar-refractivity contribution in [2.24, 2.45) is 10.9 Å². The predicted molar refractivity (Wildman–Crippen MR) is 99.5 cm³/mol. The first-order valence-corrected chi connectivity index (χ1v) is 9.29. The van der Waals surface area contributed by atoms with E-state index >= 15 is 0 Å². The quantitative estimate of drug-likeness (QED) is 0.610. The topological polar surface area (TPSA) is 55.8 Å². The Morgan fingerprint density at radius 2 is 2.30 bits per heavy atom. The number of piperidine rings is 1. The van der Waals surface area contributed by atoms with E-state index in [0.717, 1.165) is 29.9 Å². The second-order valence-electron chi connectivity index (χ2n) is 6.36. The van der Waals surface area contributed by atoms with Gasteiger partial charge in [0.1, 0.15) is 0 Å². The van der Waals surface area contributed by atoms with Crippen LogP contribution in [-0.4, -0.2) is 63.2 Å². The minimum Gasteiger partial charge on any atom is -0.357 e. The number of likely N-dealkylation sites (tertiary alicyclic amines) is 1. The van der Waals surface area contributed by atoms with E-state index in [0.29, 0.717) is 12.5 Å². The molecule has 1 fully saturated rings. The number of thiazole rings is 1. The zero-order valence-corrected chi connectivity index (χ0v) is 15.6. The van der Waals surface area contributed by atoms with Gasteiger partial charge in [0.25, 0.3) is 0 Å². The molecule has 1 aliphatic rings. The molecule has 1 aromatic rings. The molecule has 0 spiro atoms. The summed E-state index contributed by atoms with van der Waals surface area (Å²) >= 11 is 1.66. The van der Waals surface area contributed by atoms with Gasteiger partial charge in [0.05, 0.1) is 12.2 Å². The third-order valence-electron chi connectivity index (χ3n) is 3.95. The standard InChI is InChI=1S/C16H30N6S/c1-5-17-15(18-9-13-7-6-8-22(4)11-13)19-10-14-12-23-16(20-14)21(2)3/h12-13H,5-11H2,1-4H3,(H2,17,18,19). The predicted octanol–water partition coefficient (Wildman–Crippen LogP) is 1.61. The number of nitrogens with zero attached hydrogens (tertiary/aromatic N) is 4. The lowest BCUT2D eigenvalue weighted by molar-refractivity contribution is 0.210. The van der Waals surface area contributed by atoms with E-state index in [1.165, 1.54) is 25.9 Å². The van der Waals surface area contributed by atoms with Crippen LogP contribution in [0, 0.1) is 5.92 Å². The third kappa shape index (κ3) is 5.99. The van der Waals surface area contributed by atoms with Crippen LogP contribution in [-0.2, 0) is 6.54 Å². The highest BCUT2D eigenvalue weighted by Gasteiger charge is 2.17. The Kier molecular flexibility index (Phi) is 7.11. The molecular formula is C16H30N6S. The largest absolute Gasteiger partial charge is 0.357 e. The van der Waals surface area contributed by atoms with Gasteiger partial charge in [-0.15, -0.1) is 11.3 Å². The maximum Gasteiger partial charge on any atom is 0.191 e. The number of aromatic nitrogens is 1. The van der Waals surface area contributed by atoms with Gasteiger partial charge >= 0.3 is 0 Å². The molecule has 0 aliphatic carbocycles. The summed E-state index contributed by atoms with van der Waals surface area (Å²) in [5.74, 6) is 1.59. The first kappa shape index (κ1) is 18.0. The molecule has 2 N–H and O–H groups in total. The van der Waals surface area contributed by atoms with Crippen LogP contribution in [0.3, 0.4) is 0 Å². The Morgan fingerprint density at radius 1 is 1.48 bits per heavy atom. The number of hydrogen-bond acceptors (Lipinski definition) is 5. The van der Waals surface area contributed by atoms with Gasteiger partial charge in [-0.05, 0) is 39.3 Å². The fraction of sp³-hybridized carbons (Fsp3) is 0.750. The molecule has 1 aliphatic heterocycles. The van der Waals surface area contributed by atoms with Crippen LogP contribution in [0.4, 0.5) is 5.13 Å². The smallest absolute Gasteiger partial charge is 0.191 e. The summed E-state index contributed by atoms with van der Waals surface area (Å²) in [7, 11) is 6.23. The van der Waals surface area contributed by atoms with E-state index in [-0.39, 0.29) is 0 Å². The van der Waals surface area contributed by atoms with Gasteiger partial charge < -0.3 is 20.4 Å². The van der Waals surface area contributed by atoms with Crippen molar-refractivity contribution in [3.8, 4) is 0 Å². The van der Waals surface area contributed by atoms with Gasteiger partial charge in [0.15, 0.2) is 11.1 Å². The summed E-state index contributed by atoms with van der Waals surface area (Å²) in [6.07, 6.45) is 2.59. The second-order valence-corrected chi connectivity index (χ2v) is 7.20. The average molecular weight is 339 g/mol. The van der Waals surface area contributed by atoms with Crippen molar-refractivity contribution < 1.29 is 0 Å². The highest BCUT2D eigenvalue weighted by Crippen LogP contribution is 2.18. The van der Waals surface area contributed by atoms with Crippen molar-refractivity contribution in [2.45, 2.75) is 26.3 Å². The number of anilines is 1. The molecule has 1 atom stereocenters. The molecule has 1 aromatic heterocycles. The Balaban J connectivity index is 1.86. The maximum absolute atomic E-state index is 4.67. The van der Waals surface area contributed by atoms with E-state index in [1.54, 1.807) is 11.3 Å². The van der Waals surface area contributed by atoms with Crippen molar-refractivity contribution in [3.63, 3.8) is 0 Å². The molecule has 0 amide bonds. The van der Waals surface area contributed by atoms with Crippen LogP contribution in [0.1, 0.15) is 25.5 Å². The highest BCUT2D eigenvalue weighted by atomic mass is 32.1. The number of guanidine groups is 1. The van der Waals surface area contributed by atoms with Crippen LogP contribution in [0.5, 0.6) is 0 Å². The molecule has 7 heteroatoms. The molecular weight excluding hydrogens is 308 g/mol. The maximum atomic E-state index is 4.67.